The van der Waals surface area contributed by atoms with E-state index in [-0.39, 0.29) is 17.2 Å². The van der Waals surface area contributed by atoms with Crippen molar-refractivity contribution in [3.05, 3.63) is 87.9 Å². The lowest BCUT2D eigenvalue weighted by Crippen LogP contribution is -2.41. The van der Waals surface area contributed by atoms with Crippen molar-refractivity contribution in [1.29, 1.82) is 0 Å². The lowest BCUT2D eigenvalue weighted by atomic mass is 9.92. The molecule has 7 nitrogen and oxygen atoms in total. The van der Waals surface area contributed by atoms with Crippen molar-refractivity contribution in [1.82, 2.24) is 4.90 Å². The number of methoxy groups -OCH3 is 2. The molecule has 0 radical (unpaired) electrons. The molecule has 0 aliphatic carbocycles. The van der Waals surface area contributed by atoms with Gasteiger partial charge in [-0.25, -0.2) is 0 Å². The number of halogens is 1. The van der Waals surface area contributed by atoms with Crippen molar-refractivity contribution in [2.75, 3.05) is 32.6 Å². The van der Waals surface area contributed by atoms with Crippen LogP contribution in [0, 0.1) is 5.41 Å². The van der Waals surface area contributed by atoms with Gasteiger partial charge in [-0.1, -0.05) is 38.1 Å². The van der Waals surface area contributed by atoms with Gasteiger partial charge >= 0.3 is 0 Å². The van der Waals surface area contributed by atoms with E-state index in [0.29, 0.717) is 47.9 Å². The van der Waals surface area contributed by atoms with E-state index in [1.54, 1.807) is 36.3 Å². The van der Waals surface area contributed by atoms with Gasteiger partial charge < -0.3 is 25.4 Å². The Bertz CT molecular complexity index is 1230. The Balaban J connectivity index is 1.86. The van der Waals surface area contributed by atoms with Gasteiger partial charge in [-0.05, 0) is 75.9 Å². The molecule has 3 aromatic carbocycles. The molecule has 0 aliphatic heterocycles. The Labute approximate surface area is 220 Å². The maximum Gasteiger partial charge on any atom is 0.256 e. The highest BCUT2D eigenvalue weighted by Gasteiger charge is 2.26. The molecule has 0 spiro atoms. The van der Waals surface area contributed by atoms with Crippen LogP contribution in [0.2, 0.25) is 0 Å². The number of hydrogen-bond acceptors (Lipinski definition) is 5. The van der Waals surface area contributed by atoms with E-state index < -0.39 is 0 Å². The van der Waals surface area contributed by atoms with Gasteiger partial charge in [-0.15, -0.1) is 0 Å². The third-order valence-electron chi connectivity index (χ3n) is 5.77. The second-order valence-electron chi connectivity index (χ2n) is 9.23. The van der Waals surface area contributed by atoms with Gasteiger partial charge in [0.15, 0.2) is 11.5 Å². The third-order valence-corrected chi connectivity index (χ3v) is 6.46. The Morgan fingerprint density at radius 3 is 2.36 bits per heavy atom. The number of carbonyl (C=O) groups excluding carboxylic acids is 2. The van der Waals surface area contributed by atoms with Gasteiger partial charge in [-0.2, -0.15) is 0 Å². The summed E-state index contributed by atoms with van der Waals surface area (Å²) in [6, 6.07) is 19.8. The van der Waals surface area contributed by atoms with Crippen LogP contribution in [0.5, 0.6) is 11.5 Å². The molecule has 0 atom stereocenters. The van der Waals surface area contributed by atoms with E-state index in [4.69, 9.17) is 15.2 Å². The molecular weight excluding hydrogens is 522 g/mol. The third kappa shape index (κ3) is 6.86. The molecule has 190 valence electrons. The zero-order valence-corrected chi connectivity index (χ0v) is 22.6. The van der Waals surface area contributed by atoms with Crippen LogP contribution in [0.3, 0.4) is 0 Å². The fourth-order valence-electron chi connectivity index (χ4n) is 3.74. The Hall–Kier alpha value is -3.36. The van der Waals surface area contributed by atoms with Gasteiger partial charge in [0.25, 0.3) is 11.8 Å². The van der Waals surface area contributed by atoms with Gasteiger partial charge in [0, 0.05) is 28.8 Å². The van der Waals surface area contributed by atoms with E-state index in [1.165, 1.54) is 7.11 Å². The quantitative estimate of drug-likeness (QED) is 0.353. The summed E-state index contributed by atoms with van der Waals surface area (Å²) in [6.45, 7) is 5.26. The predicted molar refractivity (Wildman–Crippen MR) is 146 cm³/mol. The van der Waals surface area contributed by atoms with E-state index in [2.05, 4.69) is 21.2 Å². The first-order valence-electron chi connectivity index (χ1n) is 11.5. The summed E-state index contributed by atoms with van der Waals surface area (Å²) in [5, 5.41) is 2.94. The molecule has 8 heteroatoms. The standard InChI is InChI=1S/C28H32BrN3O4/c1-28(2,17-30)18-32(27(34)20-12-13-24(35-3)25(15-20)36-4)16-19-8-7-9-21(14-19)31-26(33)22-10-5-6-11-23(22)29/h5-15H,16-18,30H2,1-4H3,(H,31,33). The summed E-state index contributed by atoms with van der Waals surface area (Å²) < 4.78 is 11.4. The van der Waals surface area contributed by atoms with Gasteiger partial charge in [0.1, 0.15) is 0 Å². The van der Waals surface area contributed by atoms with Crippen molar-refractivity contribution in [3.63, 3.8) is 0 Å². The number of nitrogens with zero attached hydrogens (tertiary/aromatic N) is 1. The lowest BCUT2D eigenvalue weighted by molar-refractivity contribution is 0.0672. The molecule has 3 rings (SSSR count). The number of hydrogen-bond donors (Lipinski definition) is 2. The molecule has 0 saturated carbocycles. The number of nitrogens with two attached hydrogens (primary N) is 1. The first-order chi connectivity index (χ1) is 17.2. The molecule has 0 aliphatic rings. The maximum atomic E-state index is 13.6. The van der Waals surface area contributed by atoms with Gasteiger partial charge in [0.2, 0.25) is 0 Å². The molecule has 2 amide bonds. The Morgan fingerprint density at radius 1 is 0.972 bits per heavy atom. The number of rotatable bonds is 10. The SMILES string of the molecule is COc1ccc(C(=O)N(Cc2cccc(NC(=O)c3ccccc3Br)c2)CC(C)(C)CN)cc1OC. The highest BCUT2D eigenvalue weighted by molar-refractivity contribution is 9.10. The first kappa shape index (κ1) is 27.2. The number of amides is 2. The summed E-state index contributed by atoms with van der Waals surface area (Å²) in [5.41, 5.74) is 8.24. The average Bonchev–Trinajstić information content (AvgIpc) is 2.87. The summed E-state index contributed by atoms with van der Waals surface area (Å²) >= 11 is 3.42. The van der Waals surface area contributed by atoms with Crippen LogP contribution < -0.4 is 20.5 Å². The van der Waals surface area contributed by atoms with Gasteiger partial charge in [0.05, 0.1) is 19.8 Å². The molecule has 3 N–H and O–H groups in total. The smallest absolute Gasteiger partial charge is 0.256 e. The predicted octanol–water partition coefficient (Wildman–Crippen LogP) is 5.35. The van der Waals surface area contributed by atoms with Crippen LogP contribution >= 0.6 is 15.9 Å². The number of nitrogens with one attached hydrogen (secondary N) is 1. The first-order valence-corrected chi connectivity index (χ1v) is 12.3. The zero-order valence-electron chi connectivity index (χ0n) is 21.0. The van der Waals surface area contributed by atoms with Crippen molar-refractivity contribution in [2.24, 2.45) is 11.1 Å². The van der Waals surface area contributed by atoms with Crippen molar-refractivity contribution in [2.45, 2.75) is 20.4 Å². The van der Waals surface area contributed by atoms with Crippen LogP contribution in [0.15, 0.2) is 71.2 Å². The number of benzene rings is 3. The molecule has 3 aromatic rings. The molecule has 0 unspecified atom stereocenters. The minimum absolute atomic E-state index is 0.153. The highest BCUT2D eigenvalue weighted by atomic mass is 79.9. The monoisotopic (exact) mass is 553 g/mol. The van der Waals surface area contributed by atoms with Crippen LogP contribution in [-0.2, 0) is 6.54 Å². The molecule has 0 saturated heterocycles. The van der Waals surface area contributed by atoms with E-state index in [9.17, 15) is 9.59 Å². The molecule has 0 aromatic heterocycles. The molecule has 0 heterocycles. The largest absolute Gasteiger partial charge is 0.493 e. The molecule has 36 heavy (non-hydrogen) atoms. The Morgan fingerprint density at radius 2 is 1.69 bits per heavy atom. The molecular formula is C28H32BrN3O4. The fourth-order valence-corrected chi connectivity index (χ4v) is 4.21. The summed E-state index contributed by atoms with van der Waals surface area (Å²) in [5.74, 6) is 0.664. The van der Waals surface area contributed by atoms with Crippen LogP contribution in [0.4, 0.5) is 5.69 Å². The lowest BCUT2D eigenvalue weighted by Gasteiger charge is -2.32. The van der Waals surface area contributed by atoms with Crippen LogP contribution in [0.25, 0.3) is 0 Å². The maximum absolute atomic E-state index is 13.6. The average molecular weight is 554 g/mol. The topological polar surface area (TPSA) is 93.9 Å². The normalized spacial score (nSPS) is 11.1. The summed E-state index contributed by atoms with van der Waals surface area (Å²) in [6.07, 6.45) is 0. The Kier molecular flexibility index (Phi) is 9.12. The van der Waals surface area contributed by atoms with Crippen molar-refractivity contribution >= 4 is 33.4 Å². The highest BCUT2D eigenvalue weighted by Crippen LogP contribution is 2.29. The van der Waals surface area contributed by atoms with Crippen molar-refractivity contribution in [3.8, 4) is 11.5 Å². The van der Waals surface area contributed by atoms with Gasteiger partial charge in [-0.3, -0.25) is 9.59 Å². The number of anilines is 1. The molecule has 0 fully saturated rings. The second kappa shape index (κ2) is 12.1. The van der Waals surface area contributed by atoms with Crippen LogP contribution in [-0.4, -0.2) is 44.0 Å². The number of ether oxygens (including phenoxy) is 2. The minimum Gasteiger partial charge on any atom is -0.493 e. The fraction of sp³-hybridized carbons (Fsp3) is 0.286. The zero-order chi connectivity index (χ0) is 26.3. The van der Waals surface area contributed by atoms with E-state index in [1.807, 2.05) is 56.3 Å². The summed E-state index contributed by atoms with van der Waals surface area (Å²) in [4.78, 5) is 28.1. The van der Waals surface area contributed by atoms with E-state index in [0.717, 1.165) is 10.0 Å². The van der Waals surface area contributed by atoms with E-state index >= 15 is 0 Å². The number of carbonyl (C=O) groups is 2. The van der Waals surface area contributed by atoms with Crippen molar-refractivity contribution < 1.29 is 19.1 Å². The minimum atomic E-state index is -0.294. The molecule has 0 bridgehead atoms. The van der Waals surface area contributed by atoms with Crippen LogP contribution in [0.1, 0.15) is 40.1 Å². The summed E-state index contributed by atoms with van der Waals surface area (Å²) in [7, 11) is 3.09. The second-order valence-corrected chi connectivity index (χ2v) is 10.1.